The molecule has 2 heteroatoms. The third-order valence-corrected chi connectivity index (χ3v) is 3.30. The highest BCUT2D eigenvalue weighted by atomic mass is 14.7. The topological polar surface area (TPSA) is 41.8 Å². The minimum Gasteiger partial charge on any atom is -0.398 e. The molecule has 0 aliphatic heterocycles. The molecule has 0 amide bonds. The number of aromatic amines is 1. The lowest BCUT2D eigenvalue weighted by Crippen LogP contribution is -1.88. The van der Waals surface area contributed by atoms with Gasteiger partial charge in [-0.25, -0.2) is 0 Å². The van der Waals surface area contributed by atoms with Crippen LogP contribution in [-0.2, 0) is 6.42 Å². The van der Waals surface area contributed by atoms with Crippen LogP contribution in [0.4, 0.5) is 5.69 Å². The summed E-state index contributed by atoms with van der Waals surface area (Å²) in [6.07, 6.45) is 0.925. The molecule has 2 nitrogen and oxygen atoms in total. The van der Waals surface area contributed by atoms with Gasteiger partial charge in [-0.1, -0.05) is 30.3 Å². The highest BCUT2D eigenvalue weighted by Gasteiger charge is 2.04. The van der Waals surface area contributed by atoms with Crippen molar-refractivity contribution in [2.24, 2.45) is 0 Å². The highest BCUT2D eigenvalue weighted by Crippen LogP contribution is 2.23. The lowest BCUT2D eigenvalue weighted by atomic mass is 10.1. The van der Waals surface area contributed by atoms with E-state index >= 15 is 0 Å². The minimum absolute atomic E-state index is 0.854. The molecule has 3 aromatic rings. The maximum absolute atomic E-state index is 5.93. The van der Waals surface area contributed by atoms with Crippen LogP contribution in [0.5, 0.6) is 0 Å². The number of aromatic nitrogens is 1. The maximum Gasteiger partial charge on any atom is 0.0460 e. The van der Waals surface area contributed by atoms with E-state index in [-0.39, 0.29) is 0 Å². The summed E-state index contributed by atoms with van der Waals surface area (Å²) in [5.74, 6) is 0. The SMILES string of the molecule is Cc1cc2[nH]c(Cc3ccccc3)cc2cc1N. The smallest absolute Gasteiger partial charge is 0.0460 e. The lowest BCUT2D eigenvalue weighted by Gasteiger charge is -1.98. The predicted octanol–water partition coefficient (Wildman–Crippen LogP) is 3.65. The van der Waals surface area contributed by atoms with Crippen molar-refractivity contribution in [3.8, 4) is 0 Å². The summed E-state index contributed by atoms with van der Waals surface area (Å²) in [6.45, 7) is 2.03. The second-order valence-electron chi connectivity index (χ2n) is 4.75. The molecule has 0 saturated carbocycles. The van der Waals surface area contributed by atoms with E-state index in [0.29, 0.717) is 0 Å². The standard InChI is InChI=1S/C16H16N2/c1-11-7-16-13(10-15(11)17)9-14(18-16)8-12-5-3-2-4-6-12/h2-7,9-10,18H,8,17H2,1H3. The van der Waals surface area contributed by atoms with Gasteiger partial charge in [0, 0.05) is 28.7 Å². The Hall–Kier alpha value is -2.22. The van der Waals surface area contributed by atoms with E-state index in [9.17, 15) is 0 Å². The molecule has 0 atom stereocenters. The van der Waals surface area contributed by atoms with Crippen LogP contribution < -0.4 is 5.73 Å². The molecule has 0 aliphatic carbocycles. The molecule has 90 valence electrons. The Bertz CT molecular complexity index is 642. The number of nitrogen functional groups attached to an aromatic ring is 1. The molecule has 3 rings (SSSR count). The molecule has 2 aromatic carbocycles. The van der Waals surface area contributed by atoms with Gasteiger partial charge in [0.2, 0.25) is 0 Å². The van der Waals surface area contributed by atoms with Gasteiger partial charge in [-0.15, -0.1) is 0 Å². The first kappa shape index (κ1) is 10.9. The Labute approximate surface area is 106 Å². The lowest BCUT2D eigenvalue weighted by molar-refractivity contribution is 1.12. The number of nitrogens with two attached hydrogens (primary N) is 1. The number of benzene rings is 2. The molecular formula is C16H16N2. The van der Waals surface area contributed by atoms with Gasteiger partial charge in [0.05, 0.1) is 0 Å². The van der Waals surface area contributed by atoms with Crippen LogP contribution in [0.15, 0.2) is 48.5 Å². The molecule has 1 aromatic heterocycles. The fourth-order valence-corrected chi connectivity index (χ4v) is 2.28. The molecule has 0 radical (unpaired) electrons. The number of anilines is 1. The van der Waals surface area contributed by atoms with E-state index in [2.05, 4.69) is 41.4 Å². The minimum atomic E-state index is 0.854. The summed E-state index contributed by atoms with van der Waals surface area (Å²) in [4.78, 5) is 3.46. The monoisotopic (exact) mass is 236 g/mol. The molecule has 3 N–H and O–H groups in total. The van der Waals surface area contributed by atoms with Gasteiger partial charge in [0.1, 0.15) is 0 Å². The molecular weight excluding hydrogens is 220 g/mol. The third-order valence-electron chi connectivity index (χ3n) is 3.30. The van der Waals surface area contributed by atoms with Crippen LogP contribution in [0, 0.1) is 6.92 Å². The third kappa shape index (κ3) is 1.97. The Morgan fingerprint density at radius 3 is 2.61 bits per heavy atom. The van der Waals surface area contributed by atoms with E-state index < -0.39 is 0 Å². The van der Waals surface area contributed by atoms with Gasteiger partial charge < -0.3 is 10.7 Å². The van der Waals surface area contributed by atoms with Crippen LogP contribution in [-0.4, -0.2) is 4.98 Å². The summed E-state index contributed by atoms with van der Waals surface area (Å²) in [5, 5.41) is 1.18. The summed E-state index contributed by atoms with van der Waals surface area (Å²) in [5.41, 5.74) is 11.6. The van der Waals surface area contributed by atoms with Crippen molar-refractivity contribution in [3.05, 3.63) is 65.4 Å². The summed E-state index contributed by atoms with van der Waals surface area (Å²) in [7, 11) is 0. The van der Waals surface area contributed by atoms with Crippen LogP contribution in [0.1, 0.15) is 16.8 Å². The van der Waals surface area contributed by atoms with E-state index in [0.717, 1.165) is 23.2 Å². The summed E-state index contributed by atoms with van der Waals surface area (Å²) in [6, 6.07) is 16.8. The second-order valence-corrected chi connectivity index (χ2v) is 4.75. The summed E-state index contributed by atoms with van der Waals surface area (Å²) < 4.78 is 0. The second kappa shape index (κ2) is 4.22. The Balaban J connectivity index is 1.99. The number of hydrogen-bond donors (Lipinski definition) is 2. The Morgan fingerprint density at radius 1 is 1.06 bits per heavy atom. The highest BCUT2D eigenvalue weighted by molar-refractivity contribution is 5.85. The van der Waals surface area contributed by atoms with Crippen molar-refractivity contribution in [1.29, 1.82) is 0 Å². The van der Waals surface area contributed by atoms with E-state index in [4.69, 9.17) is 5.73 Å². The molecule has 0 fully saturated rings. The molecule has 0 aliphatic rings. The van der Waals surface area contributed by atoms with Gasteiger partial charge in [-0.05, 0) is 36.2 Å². The van der Waals surface area contributed by atoms with Gasteiger partial charge in [0.25, 0.3) is 0 Å². The van der Waals surface area contributed by atoms with Crippen molar-refractivity contribution >= 4 is 16.6 Å². The van der Waals surface area contributed by atoms with Gasteiger partial charge >= 0.3 is 0 Å². The fourth-order valence-electron chi connectivity index (χ4n) is 2.28. The zero-order valence-electron chi connectivity index (χ0n) is 10.4. The quantitative estimate of drug-likeness (QED) is 0.655. The van der Waals surface area contributed by atoms with Crippen molar-refractivity contribution in [1.82, 2.24) is 4.98 Å². The maximum atomic E-state index is 5.93. The van der Waals surface area contributed by atoms with E-state index in [1.807, 2.05) is 19.1 Å². The van der Waals surface area contributed by atoms with Crippen LogP contribution in [0.25, 0.3) is 10.9 Å². The van der Waals surface area contributed by atoms with E-state index in [1.54, 1.807) is 0 Å². The summed E-state index contributed by atoms with van der Waals surface area (Å²) >= 11 is 0. The van der Waals surface area contributed by atoms with Crippen molar-refractivity contribution in [2.45, 2.75) is 13.3 Å². The molecule has 0 unspecified atom stereocenters. The fraction of sp³-hybridized carbons (Fsp3) is 0.125. The van der Waals surface area contributed by atoms with Crippen molar-refractivity contribution in [3.63, 3.8) is 0 Å². The van der Waals surface area contributed by atoms with Gasteiger partial charge in [-0.2, -0.15) is 0 Å². The van der Waals surface area contributed by atoms with Gasteiger partial charge in [-0.3, -0.25) is 0 Å². The first-order valence-corrected chi connectivity index (χ1v) is 6.14. The van der Waals surface area contributed by atoms with Crippen LogP contribution in [0.2, 0.25) is 0 Å². The average molecular weight is 236 g/mol. The largest absolute Gasteiger partial charge is 0.398 e. The number of H-pyrrole nitrogens is 1. The zero-order valence-corrected chi connectivity index (χ0v) is 10.4. The molecule has 0 saturated heterocycles. The van der Waals surface area contributed by atoms with E-state index in [1.165, 1.54) is 16.6 Å². The first-order valence-electron chi connectivity index (χ1n) is 6.14. The molecule has 0 bridgehead atoms. The van der Waals surface area contributed by atoms with Crippen LogP contribution >= 0.6 is 0 Å². The molecule has 18 heavy (non-hydrogen) atoms. The number of nitrogens with one attached hydrogen (secondary N) is 1. The number of hydrogen-bond acceptors (Lipinski definition) is 1. The number of rotatable bonds is 2. The molecule has 1 heterocycles. The number of fused-ring (bicyclic) bond motifs is 1. The predicted molar refractivity (Wildman–Crippen MR) is 76.7 cm³/mol. The first-order chi connectivity index (χ1) is 8.72. The average Bonchev–Trinajstić information content (AvgIpc) is 2.72. The Kier molecular flexibility index (Phi) is 2.56. The normalized spacial score (nSPS) is 10.9. The number of aryl methyl sites for hydroxylation is 1. The zero-order chi connectivity index (χ0) is 12.5. The van der Waals surface area contributed by atoms with Crippen molar-refractivity contribution in [2.75, 3.05) is 5.73 Å². The van der Waals surface area contributed by atoms with Crippen LogP contribution in [0.3, 0.4) is 0 Å². The molecule has 0 spiro atoms. The Morgan fingerprint density at radius 2 is 1.83 bits per heavy atom. The van der Waals surface area contributed by atoms with Crippen molar-refractivity contribution < 1.29 is 0 Å². The van der Waals surface area contributed by atoms with Gasteiger partial charge in [0.15, 0.2) is 0 Å².